The van der Waals surface area contributed by atoms with Crippen LogP contribution in [0.5, 0.6) is 0 Å². The van der Waals surface area contributed by atoms with Gasteiger partial charge in [0.15, 0.2) is 0 Å². The second-order valence-electron chi connectivity index (χ2n) is 6.22. The molecule has 0 spiro atoms. The molecule has 0 aromatic carbocycles. The Balaban J connectivity index is 2.00. The van der Waals surface area contributed by atoms with Gasteiger partial charge >= 0.3 is 5.97 Å². The molecule has 0 atom stereocenters. The summed E-state index contributed by atoms with van der Waals surface area (Å²) in [6, 6.07) is 2.84. The summed E-state index contributed by atoms with van der Waals surface area (Å²) in [4.78, 5) is 27.0. The lowest BCUT2D eigenvalue weighted by atomic mass is 9.72. The molecule has 1 aromatic heterocycles. The van der Waals surface area contributed by atoms with E-state index in [4.69, 9.17) is 9.84 Å². The first-order valence-electron chi connectivity index (χ1n) is 8.03. The summed E-state index contributed by atoms with van der Waals surface area (Å²) in [7, 11) is 1.69. The average Bonchev–Trinajstić information content (AvgIpc) is 2.59. The van der Waals surface area contributed by atoms with Gasteiger partial charge in [0, 0.05) is 32.0 Å². The van der Waals surface area contributed by atoms with Crippen molar-refractivity contribution in [3.63, 3.8) is 0 Å². The summed E-state index contributed by atoms with van der Waals surface area (Å²) in [6.07, 6.45) is 8.06. The summed E-state index contributed by atoms with van der Waals surface area (Å²) in [5.74, 6) is -1.39. The molecule has 0 aliphatic heterocycles. The van der Waals surface area contributed by atoms with E-state index in [2.05, 4.69) is 10.3 Å². The first-order valence-corrected chi connectivity index (χ1v) is 8.03. The molecule has 2 rings (SSSR count). The Kier molecular flexibility index (Phi) is 6.10. The molecule has 2 N–H and O–H groups in total. The molecule has 1 amide bonds. The van der Waals surface area contributed by atoms with Gasteiger partial charge in [-0.3, -0.25) is 4.79 Å². The molecule has 0 radical (unpaired) electrons. The Morgan fingerprint density at radius 3 is 2.74 bits per heavy atom. The number of rotatable bonds is 7. The van der Waals surface area contributed by atoms with Gasteiger partial charge < -0.3 is 15.2 Å². The van der Waals surface area contributed by atoms with Crippen LogP contribution < -0.4 is 5.32 Å². The zero-order valence-corrected chi connectivity index (χ0v) is 13.5. The monoisotopic (exact) mass is 320 g/mol. The highest BCUT2D eigenvalue weighted by Crippen LogP contribution is 2.38. The van der Waals surface area contributed by atoms with Gasteiger partial charge in [-0.15, -0.1) is 0 Å². The van der Waals surface area contributed by atoms with Crippen molar-refractivity contribution >= 4 is 11.9 Å². The minimum absolute atomic E-state index is 0.0899. The number of ether oxygens (including phenoxy) is 1. The Labute approximate surface area is 136 Å². The minimum atomic E-state index is -1.14. The molecule has 6 nitrogen and oxygen atoms in total. The Bertz CT molecular complexity index is 553. The molecule has 1 saturated carbocycles. The number of aromatic nitrogens is 1. The zero-order valence-electron chi connectivity index (χ0n) is 13.5. The van der Waals surface area contributed by atoms with Crippen LogP contribution in [0.3, 0.4) is 0 Å². The number of carbonyl (C=O) groups is 2. The molecular weight excluding hydrogens is 296 g/mol. The number of carbonyl (C=O) groups excluding carboxylic acids is 1. The van der Waals surface area contributed by atoms with Crippen molar-refractivity contribution in [2.75, 3.05) is 20.3 Å². The number of amides is 1. The number of hydrogen-bond donors (Lipinski definition) is 2. The SMILES string of the molecule is COCCC1(CNC(=O)c2ccnc(C(=O)O)c2)CCCCC1. The van der Waals surface area contributed by atoms with Crippen molar-refractivity contribution in [3.8, 4) is 0 Å². The van der Waals surface area contributed by atoms with Crippen LogP contribution in [0.4, 0.5) is 0 Å². The molecule has 1 aliphatic carbocycles. The number of carboxylic acids is 1. The quantitative estimate of drug-likeness (QED) is 0.806. The van der Waals surface area contributed by atoms with Crippen molar-refractivity contribution in [2.45, 2.75) is 38.5 Å². The zero-order chi connectivity index (χ0) is 16.7. The van der Waals surface area contributed by atoms with Gasteiger partial charge in [0.25, 0.3) is 5.91 Å². The van der Waals surface area contributed by atoms with Gasteiger partial charge in [-0.1, -0.05) is 19.3 Å². The van der Waals surface area contributed by atoms with Crippen molar-refractivity contribution in [3.05, 3.63) is 29.6 Å². The highest BCUT2D eigenvalue weighted by molar-refractivity contribution is 5.96. The molecule has 0 saturated heterocycles. The van der Waals surface area contributed by atoms with E-state index in [1.54, 1.807) is 7.11 Å². The van der Waals surface area contributed by atoms with Crippen molar-refractivity contribution < 1.29 is 19.4 Å². The average molecular weight is 320 g/mol. The second-order valence-corrected chi connectivity index (χ2v) is 6.22. The summed E-state index contributed by atoms with van der Waals surface area (Å²) in [5, 5.41) is 11.9. The third-order valence-electron chi connectivity index (χ3n) is 4.62. The summed E-state index contributed by atoms with van der Waals surface area (Å²) < 4.78 is 5.22. The van der Waals surface area contributed by atoms with E-state index >= 15 is 0 Å². The Hall–Kier alpha value is -1.95. The van der Waals surface area contributed by atoms with E-state index in [-0.39, 0.29) is 17.0 Å². The van der Waals surface area contributed by atoms with Gasteiger partial charge in [-0.25, -0.2) is 9.78 Å². The van der Waals surface area contributed by atoms with Gasteiger partial charge in [0.2, 0.25) is 0 Å². The lowest BCUT2D eigenvalue weighted by Gasteiger charge is -2.37. The van der Waals surface area contributed by atoms with Crippen LogP contribution in [0.1, 0.15) is 59.4 Å². The van der Waals surface area contributed by atoms with Gasteiger partial charge in [0.1, 0.15) is 5.69 Å². The number of methoxy groups -OCH3 is 1. The molecule has 0 unspecified atom stereocenters. The van der Waals surface area contributed by atoms with Crippen molar-refractivity contribution in [1.29, 1.82) is 0 Å². The molecular formula is C17H24N2O4. The van der Waals surface area contributed by atoms with E-state index < -0.39 is 5.97 Å². The predicted molar refractivity (Wildman–Crippen MR) is 85.5 cm³/mol. The van der Waals surface area contributed by atoms with E-state index in [1.165, 1.54) is 37.6 Å². The maximum atomic E-state index is 12.3. The largest absolute Gasteiger partial charge is 0.477 e. The van der Waals surface area contributed by atoms with E-state index in [9.17, 15) is 9.59 Å². The minimum Gasteiger partial charge on any atom is -0.477 e. The number of nitrogens with one attached hydrogen (secondary N) is 1. The summed E-state index contributed by atoms with van der Waals surface area (Å²) in [6.45, 7) is 1.29. The maximum Gasteiger partial charge on any atom is 0.354 e. The Morgan fingerprint density at radius 2 is 2.09 bits per heavy atom. The normalized spacial score (nSPS) is 16.7. The number of pyridine rings is 1. The predicted octanol–water partition coefficient (Wildman–Crippen LogP) is 2.50. The van der Waals surface area contributed by atoms with Crippen LogP contribution in [0.15, 0.2) is 18.3 Å². The van der Waals surface area contributed by atoms with Crippen LogP contribution in [-0.2, 0) is 4.74 Å². The fourth-order valence-corrected chi connectivity index (χ4v) is 3.19. The third-order valence-corrected chi connectivity index (χ3v) is 4.62. The summed E-state index contributed by atoms with van der Waals surface area (Å²) >= 11 is 0. The molecule has 126 valence electrons. The number of carboxylic acid groups (broad SMARTS) is 1. The molecule has 6 heteroatoms. The van der Waals surface area contributed by atoms with Gasteiger partial charge in [-0.05, 0) is 36.8 Å². The molecule has 1 aromatic rings. The Morgan fingerprint density at radius 1 is 1.35 bits per heavy atom. The third kappa shape index (κ3) is 4.76. The first-order chi connectivity index (χ1) is 11.1. The van der Waals surface area contributed by atoms with Crippen molar-refractivity contribution in [1.82, 2.24) is 10.3 Å². The van der Waals surface area contributed by atoms with Gasteiger partial charge in [-0.2, -0.15) is 0 Å². The highest BCUT2D eigenvalue weighted by Gasteiger charge is 2.32. The van der Waals surface area contributed by atoms with Crippen LogP contribution in [0.2, 0.25) is 0 Å². The molecule has 23 heavy (non-hydrogen) atoms. The van der Waals surface area contributed by atoms with Crippen LogP contribution in [-0.4, -0.2) is 42.2 Å². The van der Waals surface area contributed by atoms with E-state index in [1.807, 2.05) is 0 Å². The van der Waals surface area contributed by atoms with Crippen LogP contribution in [0.25, 0.3) is 0 Å². The van der Waals surface area contributed by atoms with Crippen molar-refractivity contribution in [2.24, 2.45) is 5.41 Å². The maximum absolute atomic E-state index is 12.3. The number of aromatic carboxylic acids is 1. The lowest BCUT2D eigenvalue weighted by Crippen LogP contribution is -2.39. The fourth-order valence-electron chi connectivity index (χ4n) is 3.19. The molecule has 0 bridgehead atoms. The molecule has 1 fully saturated rings. The standard InChI is InChI=1S/C17H24N2O4/c1-23-10-8-17(6-3-2-4-7-17)12-19-15(20)13-5-9-18-14(11-13)16(21)22/h5,9,11H,2-4,6-8,10,12H2,1H3,(H,19,20)(H,21,22). The van der Waals surface area contributed by atoms with Gasteiger partial charge in [0.05, 0.1) is 0 Å². The smallest absolute Gasteiger partial charge is 0.354 e. The molecule has 1 heterocycles. The number of hydrogen-bond acceptors (Lipinski definition) is 4. The first kappa shape index (κ1) is 17.4. The second kappa shape index (κ2) is 8.06. The topological polar surface area (TPSA) is 88.5 Å². The van der Waals surface area contributed by atoms with E-state index in [0.29, 0.717) is 18.7 Å². The highest BCUT2D eigenvalue weighted by atomic mass is 16.5. The van der Waals surface area contributed by atoms with Crippen LogP contribution in [0, 0.1) is 5.41 Å². The summed E-state index contributed by atoms with van der Waals surface area (Å²) in [5.41, 5.74) is 0.298. The number of nitrogens with zero attached hydrogens (tertiary/aromatic N) is 1. The lowest BCUT2D eigenvalue weighted by molar-refractivity contribution is 0.0690. The molecule has 1 aliphatic rings. The fraction of sp³-hybridized carbons (Fsp3) is 0.588. The van der Waals surface area contributed by atoms with Crippen LogP contribution >= 0.6 is 0 Å². The van der Waals surface area contributed by atoms with E-state index in [0.717, 1.165) is 19.3 Å².